The lowest BCUT2D eigenvalue weighted by Gasteiger charge is -2.35. The lowest BCUT2D eigenvalue weighted by Crippen LogP contribution is -2.55. The molecule has 0 unspecified atom stereocenters. The molecule has 3 aromatic rings. The Hall–Kier alpha value is -3.16. The minimum atomic E-state index is -3.89. The van der Waals surface area contributed by atoms with E-state index >= 15 is 0 Å². The van der Waals surface area contributed by atoms with Crippen LogP contribution in [-0.4, -0.2) is 30.8 Å². The van der Waals surface area contributed by atoms with Crippen molar-refractivity contribution in [3.8, 4) is 0 Å². The maximum atomic E-state index is 13.5. The lowest BCUT2D eigenvalue weighted by atomic mass is 10.1. The highest BCUT2D eigenvalue weighted by molar-refractivity contribution is 7.91. The van der Waals surface area contributed by atoms with E-state index in [1.165, 1.54) is 35.3 Å². The first-order valence-electron chi connectivity index (χ1n) is 10.8. The van der Waals surface area contributed by atoms with Crippen LogP contribution >= 0.6 is 11.6 Å². The maximum Gasteiger partial charge on any atom is 0.272 e. The number of hydrogen-bond donors (Lipinski definition) is 1. The first-order chi connectivity index (χ1) is 15.9. The van der Waals surface area contributed by atoms with Crippen molar-refractivity contribution in [3.05, 3.63) is 94.5 Å². The van der Waals surface area contributed by atoms with Gasteiger partial charge in [-0.25, -0.2) is 13.4 Å². The van der Waals surface area contributed by atoms with Gasteiger partial charge < -0.3 is 0 Å². The fraction of sp³-hybridized carbons (Fsp3) is 0.231. The van der Waals surface area contributed by atoms with Crippen molar-refractivity contribution >= 4 is 33.3 Å². The zero-order chi connectivity index (χ0) is 25.1. The number of carbonyl (C=O) groups is 2. The number of carbonyl (C=O) groups excluding carboxylic acids is 2. The highest BCUT2D eigenvalue weighted by atomic mass is 35.5. The standard InChI is InChI=1S/C26H27ClN2O4S/c1-5-18-11-13-19(14-12-18)24(30)28-29(26(2,3)4)25(31)20-15-21(27)17-23(16-20)34(32,33)22-9-7-6-8-10-22/h6-17H,5H2,1-4H3,(H,28,30). The summed E-state index contributed by atoms with van der Waals surface area (Å²) in [4.78, 5) is 26.4. The summed E-state index contributed by atoms with van der Waals surface area (Å²) in [5, 5.41) is 1.28. The summed E-state index contributed by atoms with van der Waals surface area (Å²) >= 11 is 6.21. The molecular formula is C26H27ClN2O4S. The summed E-state index contributed by atoms with van der Waals surface area (Å²) < 4.78 is 26.2. The van der Waals surface area contributed by atoms with E-state index in [-0.39, 0.29) is 20.4 Å². The van der Waals surface area contributed by atoms with Crippen LogP contribution in [0.25, 0.3) is 0 Å². The summed E-state index contributed by atoms with van der Waals surface area (Å²) in [5.74, 6) is -1.04. The van der Waals surface area contributed by atoms with Crippen molar-refractivity contribution < 1.29 is 18.0 Å². The van der Waals surface area contributed by atoms with Crippen LogP contribution in [0, 0.1) is 0 Å². The van der Waals surface area contributed by atoms with Crippen LogP contribution in [0.4, 0.5) is 0 Å². The van der Waals surface area contributed by atoms with E-state index in [9.17, 15) is 18.0 Å². The number of nitrogens with zero attached hydrogens (tertiary/aromatic N) is 1. The molecule has 2 amide bonds. The Morgan fingerprint density at radius 3 is 2.06 bits per heavy atom. The Labute approximate surface area is 205 Å². The Kier molecular flexibility index (Phi) is 7.48. The van der Waals surface area contributed by atoms with Crippen molar-refractivity contribution in [3.63, 3.8) is 0 Å². The lowest BCUT2D eigenvalue weighted by molar-refractivity contribution is 0.0358. The molecule has 0 aliphatic carbocycles. The molecule has 178 valence electrons. The maximum absolute atomic E-state index is 13.5. The number of hydrogen-bond acceptors (Lipinski definition) is 4. The van der Waals surface area contributed by atoms with Gasteiger partial charge in [0.1, 0.15) is 0 Å². The number of aryl methyl sites for hydroxylation is 1. The Morgan fingerprint density at radius 1 is 0.882 bits per heavy atom. The van der Waals surface area contributed by atoms with Crippen LogP contribution in [0.15, 0.2) is 82.6 Å². The van der Waals surface area contributed by atoms with Crippen molar-refractivity contribution in [2.45, 2.75) is 49.4 Å². The second kappa shape index (κ2) is 9.99. The van der Waals surface area contributed by atoms with Crippen molar-refractivity contribution in [2.75, 3.05) is 0 Å². The van der Waals surface area contributed by atoms with Crippen LogP contribution < -0.4 is 5.43 Å². The molecule has 1 N–H and O–H groups in total. The fourth-order valence-electron chi connectivity index (χ4n) is 3.29. The van der Waals surface area contributed by atoms with E-state index < -0.39 is 27.2 Å². The normalized spacial score (nSPS) is 11.7. The van der Waals surface area contributed by atoms with E-state index in [4.69, 9.17) is 11.6 Å². The molecule has 0 saturated carbocycles. The number of nitrogens with one attached hydrogen (secondary N) is 1. The van der Waals surface area contributed by atoms with Gasteiger partial charge in [0.2, 0.25) is 9.84 Å². The SMILES string of the molecule is CCc1ccc(C(=O)NN(C(=O)c2cc(Cl)cc(S(=O)(=O)c3ccccc3)c2)C(C)(C)C)cc1. The second-order valence-electron chi connectivity index (χ2n) is 8.79. The van der Waals surface area contributed by atoms with Crippen LogP contribution in [0.1, 0.15) is 54.0 Å². The van der Waals surface area contributed by atoms with E-state index in [2.05, 4.69) is 5.43 Å². The van der Waals surface area contributed by atoms with E-state index in [1.807, 2.05) is 19.1 Å². The van der Waals surface area contributed by atoms with Crippen molar-refractivity contribution in [2.24, 2.45) is 0 Å². The quantitative estimate of drug-likeness (QED) is 0.482. The molecule has 6 nitrogen and oxygen atoms in total. The van der Waals surface area contributed by atoms with Crippen LogP contribution in [0.5, 0.6) is 0 Å². The van der Waals surface area contributed by atoms with E-state index in [1.54, 1.807) is 51.1 Å². The van der Waals surface area contributed by atoms with Gasteiger partial charge in [-0.1, -0.05) is 48.9 Å². The second-order valence-corrected chi connectivity index (χ2v) is 11.2. The Morgan fingerprint density at radius 2 is 1.50 bits per heavy atom. The predicted octanol–water partition coefficient (Wildman–Crippen LogP) is 5.32. The zero-order valence-electron chi connectivity index (χ0n) is 19.5. The van der Waals surface area contributed by atoms with Crippen LogP contribution in [0.2, 0.25) is 5.02 Å². The van der Waals surface area contributed by atoms with E-state index in [0.29, 0.717) is 5.56 Å². The Bertz CT molecular complexity index is 1300. The van der Waals surface area contributed by atoms with Crippen molar-refractivity contribution in [1.29, 1.82) is 0 Å². The molecule has 0 aliphatic heterocycles. The van der Waals surface area contributed by atoms with Gasteiger partial charge in [0.15, 0.2) is 0 Å². The molecule has 0 fully saturated rings. The van der Waals surface area contributed by atoms with E-state index in [0.717, 1.165) is 12.0 Å². The molecule has 0 bridgehead atoms. The van der Waals surface area contributed by atoms with Gasteiger partial charge >= 0.3 is 0 Å². The van der Waals surface area contributed by atoms with Gasteiger partial charge in [-0.05, 0) is 75.2 Å². The molecule has 3 rings (SSSR count). The molecule has 3 aromatic carbocycles. The molecule has 0 saturated heterocycles. The fourth-order valence-corrected chi connectivity index (χ4v) is 4.94. The minimum Gasteiger partial charge on any atom is -0.267 e. The third-order valence-corrected chi connectivity index (χ3v) is 7.16. The number of hydrazine groups is 1. The van der Waals surface area contributed by atoms with Gasteiger partial charge in [0.25, 0.3) is 11.8 Å². The third kappa shape index (κ3) is 5.66. The number of sulfone groups is 1. The molecule has 0 atom stereocenters. The molecule has 0 spiro atoms. The first kappa shape index (κ1) is 25.5. The zero-order valence-corrected chi connectivity index (χ0v) is 21.1. The van der Waals surface area contributed by atoms with Crippen molar-refractivity contribution in [1.82, 2.24) is 10.4 Å². The van der Waals surface area contributed by atoms with Gasteiger partial charge in [-0.2, -0.15) is 0 Å². The van der Waals surface area contributed by atoms with Gasteiger partial charge in [-0.15, -0.1) is 0 Å². The summed E-state index contributed by atoms with van der Waals surface area (Å²) in [6.07, 6.45) is 0.845. The topological polar surface area (TPSA) is 83.6 Å². The molecule has 0 aromatic heterocycles. The number of rotatable bonds is 5. The number of amides is 2. The summed E-state index contributed by atoms with van der Waals surface area (Å²) in [5.41, 5.74) is 3.39. The largest absolute Gasteiger partial charge is 0.272 e. The average Bonchev–Trinajstić information content (AvgIpc) is 2.81. The Balaban J connectivity index is 1.96. The van der Waals surface area contributed by atoms with Gasteiger partial charge in [-0.3, -0.25) is 15.0 Å². The average molecular weight is 499 g/mol. The first-order valence-corrected chi connectivity index (χ1v) is 12.6. The van der Waals surface area contributed by atoms with Crippen LogP contribution in [-0.2, 0) is 16.3 Å². The molecule has 0 heterocycles. The smallest absolute Gasteiger partial charge is 0.267 e. The third-order valence-electron chi connectivity index (χ3n) is 5.19. The van der Waals surface area contributed by atoms with Gasteiger partial charge in [0, 0.05) is 16.1 Å². The summed E-state index contributed by atoms with van der Waals surface area (Å²) in [6.45, 7) is 7.30. The highest BCUT2D eigenvalue weighted by Crippen LogP contribution is 2.27. The predicted molar refractivity (Wildman–Crippen MR) is 133 cm³/mol. The number of halogens is 1. The highest BCUT2D eigenvalue weighted by Gasteiger charge is 2.31. The van der Waals surface area contributed by atoms with Crippen LogP contribution in [0.3, 0.4) is 0 Å². The monoisotopic (exact) mass is 498 g/mol. The summed E-state index contributed by atoms with van der Waals surface area (Å²) in [7, 11) is -3.89. The molecule has 8 heteroatoms. The molecule has 0 radical (unpaired) electrons. The number of benzene rings is 3. The molecule has 0 aliphatic rings. The van der Waals surface area contributed by atoms with Gasteiger partial charge in [0.05, 0.1) is 15.3 Å². The molecular weight excluding hydrogens is 472 g/mol. The minimum absolute atomic E-state index is 0.0403. The summed E-state index contributed by atoms with van der Waals surface area (Å²) in [6, 6.07) is 19.0. The molecule has 34 heavy (non-hydrogen) atoms.